The predicted octanol–water partition coefficient (Wildman–Crippen LogP) is 5.70. The first kappa shape index (κ1) is 24.4. The summed E-state index contributed by atoms with van der Waals surface area (Å²) < 4.78 is 9.65. The van der Waals surface area contributed by atoms with Gasteiger partial charge in [0.25, 0.3) is 0 Å². The minimum atomic E-state index is -0.390. The number of para-hydroxylation sites is 1. The van der Waals surface area contributed by atoms with Gasteiger partial charge in [-0.25, -0.2) is 14.5 Å². The van der Waals surface area contributed by atoms with Gasteiger partial charge in [-0.2, -0.15) is 5.10 Å². The number of hydrogen-bond donors (Lipinski definition) is 1. The van der Waals surface area contributed by atoms with Crippen molar-refractivity contribution in [1.82, 2.24) is 19.3 Å². The number of hydrogen-bond acceptors (Lipinski definition) is 5. The molecule has 4 rings (SSSR count). The number of nitrogens with zero attached hydrogens (tertiary/aromatic N) is 4. The number of aliphatic hydroxyl groups is 1. The second-order valence-corrected chi connectivity index (χ2v) is 9.01. The maximum atomic E-state index is 12.5. The van der Waals surface area contributed by atoms with Crippen LogP contribution in [-0.2, 0) is 24.3 Å². The summed E-state index contributed by atoms with van der Waals surface area (Å²) in [5.41, 5.74) is 3.50. The zero-order chi connectivity index (χ0) is 24.2. The van der Waals surface area contributed by atoms with Crippen LogP contribution in [0.15, 0.2) is 47.1 Å². The normalized spacial score (nSPS) is 11.3. The molecule has 34 heavy (non-hydrogen) atoms. The molecule has 0 bridgehead atoms. The van der Waals surface area contributed by atoms with Gasteiger partial charge in [-0.05, 0) is 59.1 Å². The van der Waals surface area contributed by atoms with E-state index >= 15 is 0 Å². The highest BCUT2D eigenvalue weighted by Gasteiger charge is 2.19. The highest BCUT2D eigenvalue weighted by Crippen LogP contribution is 2.30. The molecule has 0 aliphatic rings. The molecule has 0 radical (unpaired) electrons. The van der Waals surface area contributed by atoms with E-state index in [4.69, 9.17) is 21.4 Å². The van der Waals surface area contributed by atoms with Crippen molar-refractivity contribution in [1.29, 1.82) is 0 Å². The molecular formula is C25H26BrClN4O3. The lowest BCUT2D eigenvalue weighted by Gasteiger charge is -2.11. The highest BCUT2D eigenvalue weighted by atomic mass is 79.9. The summed E-state index contributed by atoms with van der Waals surface area (Å²) in [6.45, 7) is 4.57. The molecule has 0 fully saturated rings. The summed E-state index contributed by atoms with van der Waals surface area (Å²) in [5, 5.41) is 15.8. The van der Waals surface area contributed by atoms with Crippen LogP contribution in [-0.4, -0.2) is 37.0 Å². The Morgan fingerprint density at radius 2 is 2.00 bits per heavy atom. The van der Waals surface area contributed by atoms with Gasteiger partial charge in [-0.15, -0.1) is 0 Å². The van der Waals surface area contributed by atoms with Crippen LogP contribution in [0.4, 0.5) is 0 Å². The molecule has 0 aliphatic heterocycles. The first-order valence-electron chi connectivity index (χ1n) is 11.3. The second kappa shape index (κ2) is 10.7. The number of unbranched alkanes of at least 4 members (excludes halogenated alkanes) is 1. The molecule has 0 spiro atoms. The van der Waals surface area contributed by atoms with E-state index in [9.17, 15) is 9.90 Å². The number of aliphatic hydroxyl groups excluding tert-OH is 1. The Labute approximate surface area is 211 Å². The molecule has 2 aromatic heterocycles. The summed E-state index contributed by atoms with van der Waals surface area (Å²) in [6, 6.07) is 13.2. The van der Waals surface area contributed by atoms with Crippen LogP contribution in [0.25, 0.3) is 16.6 Å². The third-order valence-corrected chi connectivity index (χ3v) is 6.72. The lowest BCUT2D eigenvalue weighted by atomic mass is 10.1. The largest absolute Gasteiger partial charge is 0.462 e. The van der Waals surface area contributed by atoms with Gasteiger partial charge in [0.2, 0.25) is 0 Å². The SMILES string of the molecule is CCCCc1nc(Cl)c(CO)n1Cc1ccc2nn(-c3ccccc3C(=O)OCC)c(Br)c2c1. The molecule has 9 heteroatoms. The molecule has 0 aliphatic carbocycles. The minimum absolute atomic E-state index is 0.174. The number of halogens is 2. The van der Waals surface area contributed by atoms with E-state index < -0.39 is 5.97 Å². The molecule has 0 amide bonds. The summed E-state index contributed by atoms with van der Waals surface area (Å²) in [5.74, 6) is 0.479. The fourth-order valence-electron chi connectivity index (χ4n) is 3.95. The first-order valence-corrected chi connectivity index (χ1v) is 12.4. The lowest BCUT2D eigenvalue weighted by Crippen LogP contribution is -2.10. The van der Waals surface area contributed by atoms with Crippen molar-refractivity contribution in [3.05, 3.63) is 74.9 Å². The van der Waals surface area contributed by atoms with Gasteiger partial charge >= 0.3 is 5.97 Å². The van der Waals surface area contributed by atoms with E-state index in [0.717, 1.165) is 46.2 Å². The summed E-state index contributed by atoms with van der Waals surface area (Å²) >= 11 is 9.98. The lowest BCUT2D eigenvalue weighted by molar-refractivity contribution is 0.0526. The fraction of sp³-hybridized carbons (Fsp3) is 0.320. The highest BCUT2D eigenvalue weighted by molar-refractivity contribution is 9.10. The zero-order valence-electron chi connectivity index (χ0n) is 19.1. The van der Waals surface area contributed by atoms with Gasteiger partial charge in [-0.1, -0.05) is 43.1 Å². The molecule has 178 valence electrons. The topological polar surface area (TPSA) is 82.2 Å². The Balaban J connectivity index is 1.73. The monoisotopic (exact) mass is 544 g/mol. The number of rotatable bonds is 9. The van der Waals surface area contributed by atoms with Crippen LogP contribution in [0, 0.1) is 0 Å². The van der Waals surface area contributed by atoms with E-state index in [1.165, 1.54) is 0 Å². The molecule has 2 heterocycles. The molecule has 0 saturated heterocycles. The number of carbonyl (C=O) groups is 1. The predicted molar refractivity (Wildman–Crippen MR) is 136 cm³/mol. The van der Waals surface area contributed by atoms with Crippen LogP contribution in [0.2, 0.25) is 5.15 Å². The maximum Gasteiger partial charge on any atom is 0.340 e. The Bertz CT molecular complexity index is 1330. The third-order valence-electron chi connectivity index (χ3n) is 5.65. The van der Waals surface area contributed by atoms with Gasteiger partial charge in [0, 0.05) is 18.4 Å². The quantitative estimate of drug-likeness (QED) is 0.273. The molecule has 0 unspecified atom stereocenters. The van der Waals surface area contributed by atoms with Crippen LogP contribution in [0.5, 0.6) is 0 Å². The Morgan fingerprint density at radius 3 is 2.74 bits per heavy atom. The van der Waals surface area contributed by atoms with Crippen LogP contribution in [0.3, 0.4) is 0 Å². The van der Waals surface area contributed by atoms with Crippen LogP contribution >= 0.6 is 27.5 Å². The van der Waals surface area contributed by atoms with Gasteiger partial charge in [0.05, 0.1) is 35.7 Å². The van der Waals surface area contributed by atoms with Crippen molar-refractivity contribution >= 4 is 44.4 Å². The number of benzene rings is 2. The van der Waals surface area contributed by atoms with E-state index in [2.05, 4.69) is 33.9 Å². The number of imidazole rings is 1. The average molecular weight is 546 g/mol. The smallest absolute Gasteiger partial charge is 0.340 e. The van der Waals surface area contributed by atoms with Crippen LogP contribution < -0.4 is 0 Å². The summed E-state index contributed by atoms with van der Waals surface area (Å²) in [4.78, 5) is 17.0. The van der Waals surface area contributed by atoms with E-state index in [-0.39, 0.29) is 6.61 Å². The molecule has 7 nitrogen and oxygen atoms in total. The molecule has 1 N–H and O–H groups in total. The number of ether oxygens (including phenoxy) is 1. The molecule has 4 aromatic rings. The van der Waals surface area contributed by atoms with Crippen molar-refractivity contribution in [3.63, 3.8) is 0 Å². The summed E-state index contributed by atoms with van der Waals surface area (Å²) in [6.07, 6.45) is 2.84. The molecule has 0 saturated carbocycles. The summed E-state index contributed by atoms with van der Waals surface area (Å²) in [7, 11) is 0. The second-order valence-electron chi connectivity index (χ2n) is 7.91. The van der Waals surface area contributed by atoms with Gasteiger partial charge in [-0.3, -0.25) is 0 Å². The van der Waals surface area contributed by atoms with Gasteiger partial charge in [0.1, 0.15) is 10.4 Å². The minimum Gasteiger partial charge on any atom is -0.462 e. The molecule has 2 aromatic carbocycles. The number of aromatic nitrogens is 4. The van der Waals surface area contributed by atoms with Crippen molar-refractivity contribution in [2.45, 2.75) is 46.3 Å². The standard InChI is InChI=1S/C25H26BrClN4O3/c1-3-5-10-22-28-24(27)21(15-32)30(22)14-16-11-12-19-18(13-16)23(26)31(29-19)20-9-7-6-8-17(20)25(33)34-4-2/h6-9,11-13,32H,3-5,10,14-15H2,1-2H3. The number of carbonyl (C=O) groups excluding carboxylic acids is 1. The first-order chi connectivity index (χ1) is 16.5. The van der Waals surface area contributed by atoms with Crippen molar-refractivity contribution in [2.24, 2.45) is 0 Å². The Morgan fingerprint density at radius 1 is 1.21 bits per heavy atom. The number of fused-ring (bicyclic) bond motifs is 1. The van der Waals surface area contributed by atoms with Crippen LogP contribution in [0.1, 0.15) is 54.1 Å². The van der Waals surface area contributed by atoms with E-state index in [1.54, 1.807) is 23.7 Å². The van der Waals surface area contributed by atoms with Gasteiger partial charge < -0.3 is 14.4 Å². The van der Waals surface area contributed by atoms with Crippen molar-refractivity contribution in [2.75, 3.05) is 6.61 Å². The number of aryl methyl sites for hydroxylation is 1. The zero-order valence-corrected chi connectivity index (χ0v) is 21.4. The van der Waals surface area contributed by atoms with E-state index in [1.807, 2.05) is 28.8 Å². The molecular weight excluding hydrogens is 520 g/mol. The fourth-order valence-corrected chi connectivity index (χ4v) is 4.80. The van der Waals surface area contributed by atoms with Crippen molar-refractivity contribution in [3.8, 4) is 5.69 Å². The molecule has 0 atom stereocenters. The third kappa shape index (κ3) is 4.76. The Hall–Kier alpha value is -2.68. The average Bonchev–Trinajstić information content (AvgIpc) is 3.33. The van der Waals surface area contributed by atoms with Gasteiger partial charge in [0.15, 0.2) is 5.15 Å². The Kier molecular flexibility index (Phi) is 7.70. The van der Waals surface area contributed by atoms with E-state index in [0.29, 0.717) is 35.2 Å². The van der Waals surface area contributed by atoms with Crippen molar-refractivity contribution < 1.29 is 14.6 Å². The maximum absolute atomic E-state index is 12.5. The number of esters is 1.